The minimum Gasteiger partial charge on any atom is -0.412 e. The molecule has 38 heteroatoms. The highest BCUT2D eigenvalue weighted by molar-refractivity contribution is 7.87. The quantitative estimate of drug-likeness (QED) is 0.0366. The molecule has 0 aliphatic carbocycles. The van der Waals surface area contributed by atoms with Gasteiger partial charge in [-0.15, -0.1) is 0 Å². The molecule has 4 aromatic rings. The third-order valence-corrected chi connectivity index (χ3v) is 19.2. The van der Waals surface area contributed by atoms with Crippen LogP contribution in [0.1, 0.15) is 22.3 Å². The van der Waals surface area contributed by atoms with Gasteiger partial charge in [-0.2, -0.15) is 33.7 Å². The van der Waals surface area contributed by atoms with Crippen LogP contribution in [-0.4, -0.2) is 280 Å². The second-order valence-corrected chi connectivity index (χ2v) is 27.0. The molecule has 92 heavy (non-hydrogen) atoms. The van der Waals surface area contributed by atoms with E-state index in [1.54, 1.807) is 76.2 Å². The van der Waals surface area contributed by atoms with E-state index in [1.165, 1.54) is 48.5 Å². The molecule has 4 aliphatic rings. The summed E-state index contributed by atoms with van der Waals surface area (Å²) in [6.07, 6.45) is -36.7. The Kier molecular flexibility index (Phi) is 31.7. The third-order valence-electron chi connectivity index (χ3n) is 14.0. The highest BCUT2D eigenvalue weighted by atomic mass is 32.2. The molecule has 20 atom stereocenters. The number of aliphatic hydroxyl groups excluding tert-OH is 14. The van der Waals surface area contributed by atoms with Gasteiger partial charge in [0, 0.05) is 14.2 Å². The van der Waals surface area contributed by atoms with Crippen molar-refractivity contribution in [2.45, 2.75) is 170 Å². The molecule has 0 bridgehead atoms. The molecule has 0 unspecified atom stereocenters. The monoisotopic (exact) mass is 1400 g/mol. The summed E-state index contributed by atoms with van der Waals surface area (Å²) < 4.78 is 153. The Hall–Kier alpha value is -4.36. The first-order valence-electron chi connectivity index (χ1n) is 27.0. The van der Waals surface area contributed by atoms with Gasteiger partial charge in [-0.25, -0.2) is 0 Å². The smallest absolute Gasteiger partial charge is 0.297 e. The van der Waals surface area contributed by atoms with E-state index < -0.39 is 190 Å². The first kappa shape index (κ1) is 81.9. The summed E-state index contributed by atoms with van der Waals surface area (Å²) in [6.45, 7) is 3.76. The zero-order valence-electron chi connectivity index (χ0n) is 49.9. The van der Waals surface area contributed by atoms with E-state index in [0.29, 0.717) is 0 Å². The summed E-state index contributed by atoms with van der Waals surface area (Å²) in [4.78, 5) is -0.720. The van der Waals surface area contributed by atoms with Crippen LogP contribution in [0.5, 0.6) is 0 Å². The minimum atomic E-state index is -4.31. The van der Waals surface area contributed by atoms with Crippen LogP contribution in [0.4, 0.5) is 0 Å². The number of hydrogen-bond donors (Lipinski definition) is 14. The summed E-state index contributed by atoms with van der Waals surface area (Å²) in [6, 6.07) is 22.8. The van der Waals surface area contributed by atoms with Crippen molar-refractivity contribution < 1.29 is 161 Å². The van der Waals surface area contributed by atoms with E-state index >= 15 is 0 Å². The zero-order valence-corrected chi connectivity index (χ0v) is 53.1. The summed E-state index contributed by atoms with van der Waals surface area (Å²) in [5.41, 5.74) is 3.20. The van der Waals surface area contributed by atoms with Crippen molar-refractivity contribution >= 4 is 40.5 Å². The number of aliphatic hydroxyl groups is 14. The fraction of sp³-hybridized carbons (Fsp3) is 0.556. The van der Waals surface area contributed by atoms with Crippen LogP contribution in [0.2, 0.25) is 0 Å². The van der Waals surface area contributed by atoms with Gasteiger partial charge in [0.15, 0.2) is 25.2 Å². The lowest BCUT2D eigenvalue weighted by Crippen LogP contribution is -2.64. The molecule has 524 valence electrons. The lowest BCUT2D eigenvalue weighted by atomic mass is 9.98. The maximum absolute atomic E-state index is 12.6. The first-order valence-corrected chi connectivity index (χ1v) is 32.7. The molecule has 4 aromatic carbocycles. The normalized spacial score (nSPS) is 31.7. The van der Waals surface area contributed by atoms with Crippen LogP contribution >= 0.6 is 0 Å². The van der Waals surface area contributed by atoms with Crippen LogP contribution < -0.4 is 0 Å². The number of hydrogen-bond acceptors (Lipinski definition) is 32. The van der Waals surface area contributed by atoms with Gasteiger partial charge in [-0.1, -0.05) is 70.8 Å². The number of ether oxygens (including phenoxy) is 6. The van der Waals surface area contributed by atoms with Crippen LogP contribution in [0.15, 0.2) is 117 Å². The topological polar surface area (TPSA) is 575 Å². The Labute approximate surface area is 529 Å². The lowest BCUT2D eigenvalue weighted by molar-refractivity contribution is -0.375. The summed E-state index contributed by atoms with van der Waals surface area (Å²) in [5, 5.41) is 139. The predicted octanol–water partition coefficient (Wildman–Crippen LogP) is -6.34. The molecular formula is C54H80O34S4. The number of benzene rings is 4. The van der Waals surface area contributed by atoms with Gasteiger partial charge in [-0.3, -0.25) is 16.7 Å². The van der Waals surface area contributed by atoms with Crippen LogP contribution in [-0.2, 0) is 85.6 Å². The minimum absolute atomic E-state index is 0. The Bertz CT molecular complexity index is 2870. The Morgan fingerprint density at radius 1 is 0.283 bits per heavy atom. The van der Waals surface area contributed by atoms with Crippen molar-refractivity contribution in [1.82, 2.24) is 0 Å². The van der Waals surface area contributed by atoms with E-state index in [9.17, 15) is 94.9 Å². The second-order valence-electron chi connectivity index (χ2n) is 20.5. The molecule has 0 spiro atoms. The summed E-state index contributed by atoms with van der Waals surface area (Å²) in [5.74, 6) is 0. The molecule has 0 amide bonds. The van der Waals surface area contributed by atoms with E-state index in [0.717, 1.165) is 36.5 Å². The fourth-order valence-corrected chi connectivity index (χ4v) is 12.3. The van der Waals surface area contributed by atoms with Gasteiger partial charge in [0.25, 0.3) is 40.5 Å². The third kappa shape index (κ3) is 20.8. The Morgan fingerprint density at radius 3 is 0.587 bits per heavy atom. The maximum atomic E-state index is 12.6. The average Bonchev–Trinajstić information content (AvgIpc) is 0.819. The first-order chi connectivity index (χ1) is 42.2. The molecule has 0 radical (unpaired) electrons. The molecule has 0 saturated carbocycles. The maximum Gasteiger partial charge on any atom is 0.297 e. The van der Waals surface area contributed by atoms with E-state index in [4.69, 9.17) is 55.4 Å². The van der Waals surface area contributed by atoms with Gasteiger partial charge >= 0.3 is 0 Å². The molecule has 8 rings (SSSR count). The molecule has 4 fully saturated rings. The Morgan fingerprint density at radius 2 is 0.435 bits per heavy atom. The van der Waals surface area contributed by atoms with E-state index in [2.05, 4.69) is 0 Å². The van der Waals surface area contributed by atoms with Crippen LogP contribution in [0.25, 0.3) is 0 Å². The lowest BCUT2D eigenvalue weighted by Gasteiger charge is -2.44. The van der Waals surface area contributed by atoms with Crippen LogP contribution in [0.3, 0.4) is 0 Å². The van der Waals surface area contributed by atoms with Crippen molar-refractivity contribution in [1.29, 1.82) is 0 Å². The van der Waals surface area contributed by atoms with Crippen LogP contribution in [0, 0.1) is 27.7 Å². The SMILES string of the molecule is CO.CO.Cc1ccc(S(=O)(=O)OC[C@H]2O[C@H](O[C@H]3O[C@H](COS(=O)(=O)c4ccc(C)cc4)[C@@H](O)[C@H](O)[C@H]3O)[C@H](O)[C@@H](O)[C@@H]2O)cc1.Cc1ccc(S(=O)(=O)OC[C@H]2O[C@H](O[C@H]3O[C@H](COS(=O)(=O)c4ccc(C)cc4)[C@@H](O)[C@H](O)[C@H]3O)[C@H](O)[C@@H](O)[C@@H]2O)cc1.O.O. The van der Waals surface area contributed by atoms with Gasteiger partial charge in [0.1, 0.15) is 97.7 Å². The molecule has 0 aromatic heterocycles. The average molecular weight is 1400 g/mol. The summed E-state index contributed by atoms with van der Waals surface area (Å²) >= 11 is 0. The zero-order chi connectivity index (χ0) is 67.4. The molecule has 34 nitrogen and oxygen atoms in total. The van der Waals surface area contributed by atoms with Gasteiger partial charge in [0.2, 0.25) is 0 Å². The Balaban J connectivity index is 0.000000446. The van der Waals surface area contributed by atoms with E-state index in [-0.39, 0.29) is 30.5 Å². The van der Waals surface area contributed by atoms with Gasteiger partial charge < -0.3 is 111 Å². The van der Waals surface area contributed by atoms with Crippen molar-refractivity contribution in [3.8, 4) is 0 Å². The number of rotatable bonds is 20. The molecule has 4 aliphatic heterocycles. The van der Waals surface area contributed by atoms with E-state index in [1.807, 2.05) is 0 Å². The fourth-order valence-electron chi connectivity index (χ4n) is 8.65. The summed E-state index contributed by atoms with van der Waals surface area (Å²) in [7, 11) is -15.2. The highest BCUT2D eigenvalue weighted by Gasteiger charge is 2.52. The molecule has 4 saturated heterocycles. The van der Waals surface area contributed by atoms with Crippen molar-refractivity contribution in [3.63, 3.8) is 0 Å². The predicted molar refractivity (Wildman–Crippen MR) is 310 cm³/mol. The van der Waals surface area contributed by atoms with Crippen molar-refractivity contribution in [2.75, 3.05) is 40.6 Å². The molecule has 18 N–H and O–H groups in total. The standard InChI is InChI=1S/2C26H34O15S2.2CH4O.2H2O/c2*1-13-3-7-15(8-4-13)42(33,34)37-11-17-19(27)21(29)23(31)25(39-17)41-26-24(32)22(30)20(28)18(40-26)12-38-43(35,36)16-9-5-14(2)6-10-16;2*1-2;;/h2*3-10,17-32H,11-12H2,1-2H3;2*2H,1H3;2*1H2/t2*17-,18-,19-,20-,21+,22+,23-,24-,25-,26-;;;;/m11..../s1. The second kappa shape index (κ2) is 35.6. The number of aryl methyl sites for hydroxylation is 4. The van der Waals surface area contributed by atoms with Gasteiger partial charge in [-0.05, 0) is 76.2 Å². The largest absolute Gasteiger partial charge is 0.412 e. The highest BCUT2D eigenvalue weighted by Crippen LogP contribution is 2.32. The van der Waals surface area contributed by atoms with Crippen molar-refractivity contribution in [3.05, 3.63) is 119 Å². The molecular weight excluding hydrogens is 1320 g/mol. The van der Waals surface area contributed by atoms with Gasteiger partial charge in [0.05, 0.1) is 46.0 Å². The van der Waals surface area contributed by atoms with Crippen molar-refractivity contribution in [2.24, 2.45) is 0 Å². The molecule has 4 heterocycles.